The van der Waals surface area contributed by atoms with Crippen LogP contribution < -0.4 is 0 Å². The van der Waals surface area contributed by atoms with Crippen molar-refractivity contribution in [2.24, 2.45) is 5.92 Å². The Balaban J connectivity index is 2.01. The number of aryl methyl sites for hydroxylation is 1. The molecule has 0 amide bonds. The molecule has 1 unspecified atom stereocenters. The third-order valence-electron chi connectivity index (χ3n) is 5.10. The van der Waals surface area contributed by atoms with Crippen molar-refractivity contribution in [2.45, 2.75) is 58.2 Å². The van der Waals surface area contributed by atoms with E-state index in [2.05, 4.69) is 39.9 Å². The summed E-state index contributed by atoms with van der Waals surface area (Å²) < 4.78 is 6.32. The van der Waals surface area contributed by atoms with Crippen molar-refractivity contribution >= 4 is 14.1 Å². The Morgan fingerprint density at radius 3 is 2.57 bits per heavy atom. The fraction of sp³-hybridized carbons (Fsp3) is 0.611. The van der Waals surface area contributed by atoms with E-state index in [1.807, 2.05) is 18.2 Å². The lowest BCUT2D eigenvalue weighted by molar-refractivity contribution is 0.0942. The minimum absolute atomic E-state index is 0.227. The Kier molecular flexibility index (Phi) is 4.74. The highest BCUT2D eigenvalue weighted by molar-refractivity contribution is 6.74. The molecule has 1 aromatic carbocycles. The van der Waals surface area contributed by atoms with Crippen molar-refractivity contribution in [1.29, 1.82) is 0 Å². The molecule has 2 nitrogen and oxygen atoms in total. The molecule has 0 saturated carbocycles. The summed E-state index contributed by atoms with van der Waals surface area (Å²) in [5.41, 5.74) is 2.13. The lowest BCUT2D eigenvalue weighted by Gasteiger charge is -2.37. The number of fused-ring (bicyclic) bond motifs is 1. The second kappa shape index (κ2) is 6.05. The van der Waals surface area contributed by atoms with Gasteiger partial charge in [-0.25, -0.2) is 0 Å². The maximum absolute atomic E-state index is 12.4. The molecule has 0 bridgehead atoms. The van der Waals surface area contributed by atoms with Crippen LogP contribution in [0.25, 0.3) is 0 Å². The number of carbonyl (C=O) groups excluding carboxylic acids is 1. The van der Waals surface area contributed by atoms with E-state index in [9.17, 15) is 4.79 Å². The van der Waals surface area contributed by atoms with Gasteiger partial charge < -0.3 is 4.43 Å². The van der Waals surface area contributed by atoms with Crippen LogP contribution >= 0.6 is 0 Å². The summed E-state index contributed by atoms with van der Waals surface area (Å²) in [7, 11) is -1.72. The van der Waals surface area contributed by atoms with Crippen LogP contribution in [0.3, 0.4) is 0 Å². The number of benzene rings is 1. The average Bonchev–Trinajstić information content (AvgIpc) is 2.55. The first-order valence-electron chi connectivity index (χ1n) is 7.96. The molecule has 1 aromatic rings. The summed E-state index contributed by atoms with van der Waals surface area (Å²) >= 11 is 0. The number of hydrogen-bond acceptors (Lipinski definition) is 2. The third-order valence-corrected chi connectivity index (χ3v) is 9.60. The molecule has 0 fully saturated rings. The first-order chi connectivity index (χ1) is 9.71. The molecule has 0 spiro atoms. The Morgan fingerprint density at radius 2 is 1.90 bits per heavy atom. The number of rotatable bonds is 3. The quantitative estimate of drug-likeness (QED) is 0.590. The Bertz CT molecular complexity index is 514. The van der Waals surface area contributed by atoms with Gasteiger partial charge in [-0.2, -0.15) is 0 Å². The van der Waals surface area contributed by atoms with Crippen LogP contribution in [0.1, 0.15) is 49.5 Å². The molecule has 0 radical (unpaired) electrons. The third kappa shape index (κ3) is 3.83. The van der Waals surface area contributed by atoms with Gasteiger partial charge in [0.1, 0.15) is 0 Å². The Morgan fingerprint density at radius 1 is 1.24 bits per heavy atom. The van der Waals surface area contributed by atoms with Crippen molar-refractivity contribution in [2.75, 3.05) is 6.61 Å². The number of hydrogen-bond donors (Lipinski definition) is 0. The number of ketones is 1. The lowest BCUT2D eigenvalue weighted by Crippen LogP contribution is -2.42. The van der Waals surface area contributed by atoms with E-state index in [1.165, 1.54) is 5.56 Å². The van der Waals surface area contributed by atoms with Crippen molar-refractivity contribution in [1.82, 2.24) is 0 Å². The fourth-order valence-corrected chi connectivity index (χ4v) is 3.61. The SMILES string of the molecule is CC(C)(C)[Si](C)(C)OCC1CCc2ccccc2C(=O)C1. The van der Waals surface area contributed by atoms with Crippen LogP contribution in [-0.4, -0.2) is 20.7 Å². The molecule has 116 valence electrons. The van der Waals surface area contributed by atoms with Gasteiger partial charge in [-0.1, -0.05) is 45.0 Å². The van der Waals surface area contributed by atoms with Crippen LogP contribution in [-0.2, 0) is 10.8 Å². The summed E-state index contributed by atoms with van der Waals surface area (Å²) in [6, 6.07) is 8.04. The van der Waals surface area contributed by atoms with E-state index in [4.69, 9.17) is 4.43 Å². The zero-order chi connectivity index (χ0) is 15.7. The standard InChI is InChI=1S/C18H28O2Si/c1-18(2,3)21(4,5)20-13-14-10-11-15-8-6-7-9-16(15)17(19)12-14/h6-9,14H,10-13H2,1-5H3. The first kappa shape index (κ1) is 16.4. The summed E-state index contributed by atoms with van der Waals surface area (Å²) in [5.74, 6) is 0.644. The molecule has 3 heteroatoms. The second-order valence-electron chi connectivity index (χ2n) is 7.76. The summed E-state index contributed by atoms with van der Waals surface area (Å²) in [4.78, 5) is 12.4. The lowest BCUT2D eigenvalue weighted by atomic mass is 10.0. The largest absolute Gasteiger partial charge is 0.417 e. The predicted molar refractivity (Wildman–Crippen MR) is 90.3 cm³/mol. The van der Waals surface area contributed by atoms with E-state index < -0.39 is 8.32 Å². The topological polar surface area (TPSA) is 26.3 Å². The molecule has 21 heavy (non-hydrogen) atoms. The second-order valence-corrected chi connectivity index (χ2v) is 12.6. The highest BCUT2D eigenvalue weighted by Gasteiger charge is 2.37. The summed E-state index contributed by atoms with van der Waals surface area (Å²) in [6.45, 7) is 12.1. The van der Waals surface area contributed by atoms with E-state index in [0.717, 1.165) is 25.0 Å². The smallest absolute Gasteiger partial charge is 0.191 e. The molecule has 2 rings (SSSR count). The van der Waals surface area contributed by atoms with Gasteiger partial charge in [0.05, 0.1) is 0 Å². The predicted octanol–water partition coefficient (Wildman–Crippen LogP) is 4.84. The van der Waals surface area contributed by atoms with Crippen LogP contribution in [0.5, 0.6) is 0 Å². The van der Waals surface area contributed by atoms with Gasteiger partial charge in [0.15, 0.2) is 14.1 Å². The van der Waals surface area contributed by atoms with Gasteiger partial charge in [-0.05, 0) is 42.5 Å². The van der Waals surface area contributed by atoms with Crippen LogP contribution in [0.15, 0.2) is 24.3 Å². The molecule has 0 aromatic heterocycles. The maximum Gasteiger partial charge on any atom is 0.191 e. The minimum atomic E-state index is -1.72. The Labute approximate surface area is 130 Å². The minimum Gasteiger partial charge on any atom is -0.417 e. The number of Topliss-reactive ketones (excluding diaryl/α,β-unsaturated/α-hetero) is 1. The van der Waals surface area contributed by atoms with Crippen molar-refractivity contribution in [3.05, 3.63) is 35.4 Å². The van der Waals surface area contributed by atoms with Gasteiger partial charge in [-0.3, -0.25) is 4.79 Å². The molecule has 0 saturated heterocycles. The summed E-state index contributed by atoms with van der Waals surface area (Å²) in [6.07, 6.45) is 2.68. The zero-order valence-corrected chi connectivity index (χ0v) is 15.0. The van der Waals surface area contributed by atoms with E-state index in [-0.39, 0.29) is 10.8 Å². The molecule has 0 aliphatic heterocycles. The molecule has 0 N–H and O–H groups in total. The first-order valence-corrected chi connectivity index (χ1v) is 10.9. The van der Waals surface area contributed by atoms with Crippen molar-refractivity contribution in [3.63, 3.8) is 0 Å². The molecular weight excluding hydrogens is 276 g/mol. The fourth-order valence-electron chi connectivity index (χ4n) is 2.53. The van der Waals surface area contributed by atoms with Crippen LogP contribution in [0.2, 0.25) is 18.1 Å². The summed E-state index contributed by atoms with van der Waals surface area (Å²) in [5, 5.41) is 0.227. The molecule has 1 atom stereocenters. The maximum atomic E-state index is 12.4. The van der Waals surface area contributed by atoms with Gasteiger partial charge in [0.25, 0.3) is 0 Å². The number of carbonyl (C=O) groups is 1. The van der Waals surface area contributed by atoms with Gasteiger partial charge in [-0.15, -0.1) is 0 Å². The van der Waals surface area contributed by atoms with Crippen LogP contribution in [0.4, 0.5) is 0 Å². The van der Waals surface area contributed by atoms with Crippen LogP contribution in [0, 0.1) is 5.92 Å². The van der Waals surface area contributed by atoms with Gasteiger partial charge >= 0.3 is 0 Å². The molecule has 1 aliphatic carbocycles. The zero-order valence-electron chi connectivity index (χ0n) is 14.0. The van der Waals surface area contributed by atoms with Crippen molar-refractivity contribution in [3.8, 4) is 0 Å². The van der Waals surface area contributed by atoms with Crippen molar-refractivity contribution < 1.29 is 9.22 Å². The highest BCUT2D eigenvalue weighted by atomic mass is 28.4. The highest BCUT2D eigenvalue weighted by Crippen LogP contribution is 2.37. The van der Waals surface area contributed by atoms with Gasteiger partial charge in [0, 0.05) is 18.6 Å². The molecular formula is C18H28O2Si. The van der Waals surface area contributed by atoms with E-state index >= 15 is 0 Å². The average molecular weight is 305 g/mol. The molecule has 1 aliphatic rings. The Hall–Kier alpha value is -0.933. The van der Waals surface area contributed by atoms with E-state index in [0.29, 0.717) is 12.3 Å². The molecule has 0 heterocycles. The monoisotopic (exact) mass is 304 g/mol. The van der Waals surface area contributed by atoms with E-state index in [1.54, 1.807) is 0 Å². The van der Waals surface area contributed by atoms with Gasteiger partial charge in [0.2, 0.25) is 0 Å². The normalized spacial score (nSPS) is 20.0.